The van der Waals surface area contributed by atoms with Gasteiger partial charge in [-0.2, -0.15) is 5.10 Å². The number of rotatable bonds is 4. The Hall–Kier alpha value is -3.29. The Morgan fingerprint density at radius 1 is 1.16 bits per heavy atom. The monoisotopic (exact) mass is 341 g/mol. The lowest BCUT2D eigenvalue weighted by atomic mass is 10.3. The summed E-state index contributed by atoms with van der Waals surface area (Å²) in [4.78, 5) is 24.1. The van der Waals surface area contributed by atoms with Crippen LogP contribution < -0.4 is 10.9 Å². The highest BCUT2D eigenvalue weighted by atomic mass is 19.1. The first kappa shape index (κ1) is 16.6. The largest absolute Gasteiger partial charge is 0.322 e. The molecule has 2 aromatic heterocycles. The van der Waals surface area contributed by atoms with Crippen molar-refractivity contribution in [1.29, 1.82) is 0 Å². The van der Waals surface area contributed by atoms with E-state index < -0.39 is 17.3 Å². The third kappa shape index (κ3) is 3.63. The standard InChI is InChI=1S/C17H16FN5O2/c1-11-9-12(2)23(20-11)15-7-8-17(25)22(21-15)10-16(24)19-14-6-4-3-5-13(14)18/h3-9H,10H2,1-2H3,(H,19,24). The van der Waals surface area contributed by atoms with Crippen molar-refractivity contribution in [2.24, 2.45) is 0 Å². The third-order valence-corrected chi connectivity index (χ3v) is 3.52. The number of carbonyl (C=O) groups is 1. The zero-order valence-electron chi connectivity index (χ0n) is 13.7. The van der Waals surface area contributed by atoms with E-state index in [1.165, 1.54) is 30.3 Å². The van der Waals surface area contributed by atoms with Gasteiger partial charge in [0, 0.05) is 11.8 Å². The van der Waals surface area contributed by atoms with Crippen LogP contribution in [0.25, 0.3) is 5.82 Å². The molecular formula is C17H16FN5O2. The zero-order valence-corrected chi connectivity index (χ0v) is 13.7. The van der Waals surface area contributed by atoms with Crippen LogP contribution in [0, 0.1) is 19.7 Å². The maximum absolute atomic E-state index is 13.6. The molecule has 0 aliphatic rings. The van der Waals surface area contributed by atoms with Crippen molar-refractivity contribution in [2.75, 3.05) is 5.32 Å². The van der Waals surface area contributed by atoms with Crippen molar-refractivity contribution in [3.8, 4) is 5.82 Å². The Morgan fingerprint density at radius 2 is 1.92 bits per heavy atom. The summed E-state index contributed by atoms with van der Waals surface area (Å²) in [5, 5.41) is 10.9. The third-order valence-electron chi connectivity index (χ3n) is 3.52. The number of nitrogens with zero attached hydrogens (tertiary/aromatic N) is 4. The number of halogens is 1. The minimum atomic E-state index is -0.551. The molecule has 3 aromatic rings. The van der Waals surface area contributed by atoms with Crippen molar-refractivity contribution in [3.63, 3.8) is 0 Å². The molecule has 1 N–H and O–H groups in total. The summed E-state index contributed by atoms with van der Waals surface area (Å²) in [7, 11) is 0. The van der Waals surface area contributed by atoms with E-state index >= 15 is 0 Å². The van der Waals surface area contributed by atoms with Gasteiger partial charge in [-0.15, -0.1) is 5.10 Å². The first-order valence-electron chi connectivity index (χ1n) is 7.60. The van der Waals surface area contributed by atoms with Crippen LogP contribution >= 0.6 is 0 Å². The second-order valence-corrected chi connectivity index (χ2v) is 5.55. The Kier molecular flexibility index (Phi) is 4.42. The van der Waals surface area contributed by atoms with Gasteiger partial charge in [0.25, 0.3) is 5.56 Å². The Bertz CT molecular complexity index is 993. The van der Waals surface area contributed by atoms with Crippen LogP contribution in [0.3, 0.4) is 0 Å². The number of aromatic nitrogens is 4. The second-order valence-electron chi connectivity index (χ2n) is 5.55. The lowest BCUT2D eigenvalue weighted by molar-refractivity contribution is -0.117. The molecule has 0 atom stereocenters. The number of carbonyl (C=O) groups excluding carboxylic acids is 1. The normalized spacial score (nSPS) is 10.7. The molecule has 3 rings (SSSR count). The number of para-hydroxylation sites is 1. The average molecular weight is 341 g/mol. The summed E-state index contributed by atoms with van der Waals surface area (Å²) in [6.45, 7) is 3.38. The molecule has 0 unspecified atom stereocenters. The highest BCUT2D eigenvalue weighted by molar-refractivity contribution is 5.90. The van der Waals surface area contributed by atoms with E-state index in [1.807, 2.05) is 19.9 Å². The van der Waals surface area contributed by atoms with Crippen LogP contribution in [0.1, 0.15) is 11.4 Å². The average Bonchev–Trinajstić information content (AvgIpc) is 2.90. The molecule has 0 saturated heterocycles. The maximum Gasteiger partial charge on any atom is 0.267 e. The van der Waals surface area contributed by atoms with Gasteiger partial charge in [-0.25, -0.2) is 13.8 Å². The van der Waals surface area contributed by atoms with E-state index in [2.05, 4.69) is 15.5 Å². The Balaban J connectivity index is 1.84. The number of anilines is 1. The van der Waals surface area contributed by atoms with Gasteiger partial charge in [-0.3, -0.25) is 9.59 Å². The predicted octanol–water partition coefficient (Wildman–Crippen LogP) is 1.82. The summed E-state index contributed by atoms with van der Waals surface area (Å²) in [6.07, 6.45) is 0. The van der Waals surface area contributed by atoms with E-state index in [0.717, 1.165) is 16.1 Å². The molecule has 7 nitrogen and oxygen atoms in total. The van der Waals surface area contributed by atoms with Crippen molar-refractivity contribution in [2.45, 2.75) is 20.4 Å². The van der Waals surface area contributed by atoms with E-state index in [-0.39, 0.29) is 12.2 Å². The highest BCUT2D eigenvalue weighted by Crippen LogP contribution is 2.12. The van der Waals surface area contributed by atoms with Gasteiger partial charge in [0.1, 0.15) is 12.4 Å². The maximum atomic E-state index is 13.6. The molecule has 1 amide bonds. The molecule has 0 fully saturated rings. The number of benzene rings is 1. The number of amides is 1. The highest BCUT2D eigenvalue weighted by Gasteiger charge is 2.11. The first-order valence-corrected chi connectivity index (χ1v) is 7.60. The molecule has 1 aromatic carbocycles. The zero-order chi connectivity index (χ0) is 18.0. The lowest BCUT2D eigenvalue weighted by Crippen LogP contribution is -2.30. The van der Waals surface area contributed by atoms with Crippen LogP contribution in [0.4, 0.5) is 10.1 Å². The van der Waals surface area contributed by atoms with Crippen LogP contribution in [0.2, 0.25) is 0 Å². The van der Waals surface area contributed by atoms with Crippen LogP contribution in [-0.4, -0.2) is 25.5 Å². The molecule has 8 heteroatoms. The van der Waals surface area contributed by atoms with Gasteiger partial charge in [-0.05, 0) is 38.1 Å². The number of hydrogen-bond donors (Lipinski definition) is 1. The molecule has 0 saturated carbocycles. The molecule has 128 valence electrons. The van der Waals surface area contributed by atoms with Crippen LogP contribution in [0.5, 0.6) is 0 Å². The fourth-order valence-corrected chi connectivity index (χ4v) is 2.41. The summed E-state index contributed by atoms with van der Waals surface area (Å²) >= 11 is 0. The molecular weight excluding hydrogens is 325 g/mol. The second kappa shape index (κ2) is 6.68. The minimum absolute atomic E-state index is 0.0512. The predicted molar refractivity (Wildman–Crippen MR) is 90.1 cm³/mol. The number of hydrogen-bond acceptors (Lipinski definition) is 4. The SMILES string of the molecule is Cc1cc(C)n(-c2ccc(=O)n(CC(=O)Nc3ccccc3F)n2)n1. The first-order chi connectivity index (χ1) is 11.9. The van der Waals surface area contributed by atoms with Gasteiger partial charge in [0.2, 0.25) is 5.91 Å². The smallest absolute Gasteiger partial charge is 0.267 e. The molecule has 0 bridgehead atoms. The summed E-state index contributed by atoms with van der Waals surface area (Å²) in [5.74, 6) is -0.679. The molecule has 25 heavy (non-hydrogen) atoms. The molecule has 0 spiro atoms. The topological polar surface area (TPSA) is 81.8 Å². The van der Waals surface area contributed by atoms with E-state index in [0.29, 0.717) is 5.82 Å². The van der Waals surface area contributed by atoms with Crippen molar-refractivity contribution >= 4 is 11.6 Å². The Labute approximate surface area is 142 Å². The van der Waals surface area contributed by atoms with Crippen LogP contribution in [0.15, 0.2) is 47.3 Å². The molecule has 0 radical (unpaired) electrons. The van der Waals surface area contributed by atoms with Gasteiger partial charge in [-0.1, -0.05) is 12.1 Å². The fourth-order valence-electron chi connectivity index (χ4n) is 2.41. The summed E-state index contributed by atoms with van der Waals surface area (Å²) in [5.41, 5.74) is 1.28. The van der Waals surface area contributed by atoms with Gasteiger partial charge in [0.15, 0.2) is 5.82 Å². The van der Waals surface area contributed by atoms with Gasteiger partial charge in [0.05, 0.1) is 11.4 Å². The Morgan fingerprint density at radius 3 is 2.60 bits per heavy atom. The minimum Gasteiger partial charge on any atom is -0.322 e. The molecule has 2 heterocycles. The lowest BCUT2D eigenvalue weighted by Gasteiger charge is -2.09. The number of aryl methyl sites for hydroxylation is 2. The van der Waals surface area contributed by atoms with E-state index in [4.69, 9.17) is 0 Å². The van der Waals surface area contributed by atoms with E-state index in [9.17, 15) is 14.0 Å². The van der Waals surface area contributed by atoms with E-state index in [1.54, 1.807) is 10.7 Å². The quantitative estimate of drug-likeness (QED) is 0.785. The summed E-state index contributed by atoms with van der Waals surface area (Å²) in [6, 6.07) is 10.5. The molecule has 0 aliphatic carbocycles. The van der Waals surface area contributed by atoms with Crippen molar-refractivity contribution in [3.05, 3.63) is 70.0 Å². The molecule has 0 aliphatic heterocycles. The fraction of sp³-hybridized carbons (Fsp3) is 0.176. The van der Waals surface area contributed by atoms with Gasteiger partial charge >= 0.3 is 0 Å². The van der Waals surface area contributed by atoms with Gasteiger partial charge < -0.3 is 5.32 Å². The summed E-state index contributed by atoms with van der Waals surface area (Å²) < 4.78 is 16.2. The van der Waals surface area contributed by atoms with Crippen molar-refractivity contribution < 1.29 is 9.18 Å². The van der Waals surface area contributed by atoms with Crippen molar-refractivity contribution in [1.82, 2.24) is 19.6 Å². The number of nitrogens with one attached hydrogen (secondary N) is 1. The van der Waals surface area contributed by atoms with Crippen LogP contribution in [-0.2, 0) is 11.3 Å².